The standard InChI is InChI=1S/C15H15Cl2NO3S/c1-3-10-8-12(5-7-15(10)21-2)22(19,20)18-11-4-6-13(16)14(17)9-11/h4-9,18H,3H2,1-2H3. The average Bonchev–Trinajstić information content (AvgIpc) is 2.50. The van der Waals surface area contributed by atoms with Crippen molar-refractivity contribution in [2.24, 2.45) is 0 Å². The van der Waals surface area contributed by atoms with Crippen molar-refractivity contribution in [3.63, 3.8) is 0 Å². The highest BCUT2D eigenvalue weighted by Crippen LogP contribution is 2.28. The fourth-order valence-electron chi connectivity index (χ4n) is 1.97. The Labute approximate surface area is 140 Å². The van der Waals surface area contributed by atoms with Gasteiger partial charge in [-0.3, -0.25) is 4.72 Å². The van der Waals surface area contributed by atoms with Gasteiger partial charge in [0, 0.05) is 0 Å². The fourth-order valence-corrected chi connectivity index (χ4v) is 3.37. The van der Waals surface area contributed by atoms with Gasteiger partial charge in [0.1, 0.15) is 5.75 Å². The molecule has 2 rings (SSSR count). The van der Waals surface area contributed by atoms with Crippen molar-refractivity contribution in [2.75, 3.05) is 11.8 Å². The summed E-state index contributed by atoms with van der Waals surface area (Å²) in [5.74, 6) is 0.663. The van der Waals surface area contributed by atoms with Gasteiger partial charge in [0.15, 0.2) is 0 Å². The molecule has 0 saturated carbocycles. The molecule has 0 aliphatic carbocycles. The van der Waals surface area contributed by atoms with Gasteiger partial charge in [0.05, 0.1) is 27.7 Å². The summed E-state index contributed by atoms with van der Waals surface area (Å²) in [5, 5.41) is 0.646. The first kappa shape index (κ1) is 16.9. The van der Waals surface area contributed by atoms with E-state index in [9.17, 15) is 8.42 Å². The third-order valence-corrected chi connectivity index (χ3v) is 5.23. The minimum Gasteiger partial charge on any atom is -0.496 e. The van der Waals surface area contributed by atoms with Crippen molar-refractivity contribution < 1.29 is 13.2 Å². The van der Waals surface area contributed by atoms with Crippen LogP contribution in [0.15, 0.2) is 41.3 Å². The molecule has 22 heavy (non-hydrogen) atoms. The zero-order valence-corrected chi connectivity index (χ0v) is 14.4. The number of benzene rings is 2. The van der Waals surface area contributed by atoms with Crippen LogP contribution >= 0.6 is 23.2 Å². The maximum Gasteiger partial charge on any atom is 0.261 e. The van der Waals surface area contributed by atoms with Gasteiger partial charge in [0.25, 0.3) is 10.0 Å². The van der Waals surface area contributed by atoms with E-state index in [-0.39, 0.29) is 9.92 Å². The fraction of sp³-hybridized carbons (Fsp3) is 0.200. The van der Waals surface area contributed by atoms with Gasteiger partial charge in [-0.2, -0.15) is 0 Å². The van der Waals surface area contributed by atoms with E-state index in [1.54, 1.807) is 25.3 Å². The summed E-state index contributed by atoms with van der Waals surface area (Å²) >= 11 is 11.7. The van der Waals surface area contributed by atoms with Crippen LogP contribution in [0, 0.1) is 0 Å². The molecule has 4 nitrogen and oxygen atoms in total. The molecule has 118 valence electrons. The molecular formula is C15H15Cl2NO3S. The Bertz CT molecular complexity index is 791. The summed E-state index contributed by atoms with van der Waals surface area (Å²) in [6.07, 6.45) is 0.666. The van der Waals surface area contributed by atoms with E-state index in [0.717, 1.165) is 5.56 Å². The molecular weight excluding hydrogens is 345 g/mol. The number of nitrogens with one attached hydrogen (secondary N) is 1. The summed E-state index contributed by atoms with van der Waals surface area (Å²) in [6, 6.07) is 9.29. The van der Waals surface area contributed by atoms with Crippen LogP contribution in [0.5, 0.6) is 5.75 Å². The molecule has 0 atom stereocenters. The predicted octanol–water partition coefficient (Wildman–Crippen LogP) is 4.37. The summed E-state index contributed by atoms with van der Waals surface area (Å²) in [4.78, 5) is 0.163. The van der Waals surface area contributed by atoms with Gasteiger partial charge in [-0.1, -0.05) is 30.1 Å². The molecule has 0 saturated heterocycles. The zero-order valence-electron chi connectivity index (χ0n) is 12.1. The van der Waals surface area contributed by atoms with Crippen LogP contribution in [0.4, 0.5) is 5.69 Å². The Balaban J connectivity index is 2.35. The third-order valence-electron chi connectivity index (χ3n) is 3.11. The Morgan fingerprint density at radius 1 is 1.09 bits per heavy atom. The van der Waals surface area contributed by atoms with Crippen molar-refractivity contribution in [2.45, 2.75) is 18.2 Å². The molecule has 0 radical (unpaired) electrons. The monoisotopic (exact) mass is 359 g/mol. The quantitative estimate of drug-likeness (QED) is 0.862. The van der Waals surface area contributed by atoms with E-state index in [1.165, 1.54) is 18.2 Å². The lowest BCUT2D eigenvalue weighted by Gasteiger charge is -2.12. The molecule has 0 fully saturated rings. The van der Waals surface area contributed by atoms with Crippen LogP contribution in [-0.4, -0.2) is 15.5 Å². The van der Waals surface area contributed by atoms with Crippen LogP contribution in [0.25, 0.3) is 0 Å². The number of ether oxygens (including phenoxy) is 1. The normalized spacial score (nSPS) is 11.3. The van der Waals surface area contributed by atoms with Gasteiger partial charge in [-0.15, -0.1) is 0 Å². The van der Waals surface area contributed by atoms with E-state index < -0.39 is 10.0 Å². The van der Waals surface area contributed by atoms with E-state index in [4.69, 9.17) is 27.9 Å². The summed E-state index contributed by atoms with van der Waals surface area (Å²) in [7, 11) is -2.16. The number of aryl methyl sites for hydroxylation is 1. The van der Waals surface area contributed by atoms with Crippen LogP contribution in [-0.2, 0) is 16.4 Å². The number of hydrogen-bond donors (Lipinski definition) is 1. The lowest BCUT2D eigenvalue weighted by Crippen LogP contribution is -2.13. The average molecular weight is 360 g/mol. The van der Waals surface area contributed by atoms with Crippen LogP contribution in [0.2, 0.25) is 10.0 Å². The second-order valence-corrected chi connectivity index (χ2v) is 7.06. The maximum absolute atomic E-state index is 12.4. The van der Waals surface area contributed by atoms with E-state index in [1.807, 2.05) is 6.92 Å². The largest absolute Gasteiger partial charge is 0.496 e. The van der Waals surface area contributed by atoms with Gasteiger partial charge in [-0.25, -0.2) is 8.42 Å². The summed E-state index contributed by atoms with van der Waals surface area (Å²) < 4.78 is 32.6. The minimum atomic E-state index is -3.71. The minimum absolute atomic E-state index is 0.163. The first-order chi connectivity index (χ1) is 10.4. The Morgan fingerprint density at radius 3 is 2.41 bits per heavy atom. The molecule has 0 spiro atoms. The van der Waals surface area contributed by atoms with E-state index >= 15 is 0 Å². The van der Waals surface area contributed by atoms with Gasteiger partial charge < -0.3 is 4.74 Å². The number of anilines is 1. The molecule has 0 aromatic heterocycles. The molecule has 0 bridgehead atoms. The molecule has 0 amide bonds. The molecule has 2 aromatic rings. The van der Waals surface area contributed by atoms with Gasteiger partial charge >= 0.3 is 0 Å². The van der Waals surface area contributed by atoms with Gasteiger partial charge in [0.2, 0.25) is 0 Å². The van der Waals surface area contributed by atoms with Crippen LogP contribution in [0.1, 0.15) is 12.5 Å². The van der Waals surface area contributed by atoms with Crippen molar-refractivity contribution in [3.8, 4) is 5.75 Å². The van der Waals surface area contributed by atoms with Gasteiger partial charge in [-0.05, 0) is 48.4 Å². The maximum atomic E-state index is 12.4. The smallest absolute Gasteiger partial charge is 0.261 e. The molecule has 2 aromatic carbocycles. The molecule has 1 N–H and O–H groups in total. The topological polar surface area (TPSA) is 55.4 Å². The lowest BCUT2D eigenvalue weighted by atomic mass is 10.1. The molecule has 0 heterocycles. The first-order valence-corrected chi connectivity index (χ1v) is 8.76. The summed E-state index contributed by atoms with van der Waals surface area (Å²) in [6.45, 7) is 1.93. The molecule has 0 aliphatic rings. The highest BCUT2D eigenvalue weighted by molar-refractivity contribution is 7.92. The van der Waals surface area contributed by atoms with Crippen LogP contribution < -0.4 is 9.46 Å². The summed E-state index contributed by atoms with van der Waals surface area (Å²) in [5.41, 5.74) is 1.17. The number of hydrogen-bond acceptors (Lipinski definition) is 3. The van der Waals surface area contributed by atoms with E-state index in [0.29, 0.717) is 22.9 Å². The highest BCUT2D eigenvalue weighted by atomic mass is 35.5. The second-order valence-electron chi connectivity index (χ2n) is 4.56. The molecule has 0 aliphatic heterocycles. The lowest BCUT2D eigenvalue weighted by molar-refractivity contribution is 0.409. The van der Waals surface area contributed by atoms with Crippen molar-refractivity contribution >= 4 is 38.9 Å². The number of halogens is 2. The Kier molecular flexibility index (Phi) is 5.21. The first-order valence-electron chi connectivity index (χ1n) is 6.52. The highest BCUT2D eigenvalue weighted by Gasteiger charge is 2.16. The van der Waals surface area contributed by atoms with E-state index in [2.05, 4.69) is 4.72 Å². The number of sulfonamides is 1. The number of rotatable bonds is 5. The Morgan fingerprint density at radius 2 is 1.82 bits per heavy atom. The molecule has 0 unspecified atom stereocenters. The Hall–Kier alpha value is -1.43. The van der Waals surface area contributed by atoms with Crippen molar-refractivity contribution in [1.29, 1.82) is 0 Å². The second kappa shape index (κ2) is 6.77. The third kappa shape index (κ3) is 3.66. The zero-order chi connectivity index (χ0) is 16.3. The SMILES string of the molecule is CCc1cc(S(=O)(=O)Nc2ccc(Cl)c(Cl)c2)ccc1OC. The van der Waals surface area contributed by atoms with Crippen molar-refractivity contribution in [3.05, 3.63) is 52.0 Å². The van der Waals surface area contributed by atoms with Crippen LogP contribution in [0.3, 0.4) is 0 Å². The number of methoxy groups -OCH3 is 1. The van der Waals surface area contributed by atoms with Crippen molar-refractivity contribution in [1.82, 2.24) is 0 Å². The predicted molar refractivity (Wildman–Crippen MR) is 89.6 cm³/mol. The molecule has 7 heteroatoms.